The Kier molecular flexibility index (Phi) is 4.81. The highest BCUT2D eigenvalue weighted by Gasteiger charge is 2.15. The molecule has 1 amide bonds. The molecule has 1 N–H and O–H groups in total. The van der Waals surface area contributed by atoms with Gasteiger partial charge in [0.05, 0.1) is 0 Å². The number of anilines is 2. The van der Waals surface area contributed by atoms with Gasteiger partial charge in [0.25, 0.3) is 5.91 Å². The van der Waals surface area contributed by atoms with Gasteiger partial charge in [-0.3, -0.25) is 4.79 Å². The standard InChI is InChI=1S/C15H17FN4O/c1-3-10-17-14-9-8-13(18-19-14)15(21)20(2)12-6-4-11(16)5-7-12/h4-9H,3,10H2,1-2H3,(H,17,19). The van der Waals surface area contributed by atoms with Crippen molar-refractivity contribution in [1.29, 1.82) is 0 Å². The topological polar surface area (TPSA) is 58.1 Å². The minimum absolute atomic E-state index is 0.240. The average molecular weight is 288 g/mol. The van der Waals surface area contributed by atoms with Gasteiger partial charge in [-0.25, -0.2) is 4.39 Å². The van der Waals surface area contributed by atoms with Crippen LogP contribution in [0.25, 0.3) is 0 Å². The van der Waals surface area contributed by atoms with Crippen LogP contribution in [-0.4, -0.2) is 29.7 Å². The molecule has 2 aromatic rings. The lowest BCUT2D eigenvalue weighted by atomic mass is 10.2. The molecule has 0 radical (unpaired) electrons. The van der Waals surface area contributed by atoms with Crippen LogP contribution in [0.2, 0.25) is 0 Å². The third-order valence-corrected chi connectivity index (χ3v) is 2.96. The van der Waals surface area contributed by atoms with Gasteiger partial charge in [0, 0.05) is 19.3 Å². The van der Waals surface area contributed by atoms with Gasteiger partial charge < -0.3 is 10.2 Å². The van der Waals surface area contributed by atoms with Gasteiger partial charge in [0.1, 0.15) is 11.6 Å². The molecule has 0 fully saturated rings. The Morgan fingerprint density at radius 2 is 1.90 bits per heavy atom. The molecule has 5 nitrogen and oxygen atoms in total. The summed E-state index contributed by atoms with van der Waals surface area (Å²) in [7, 11) is 1.61. The zero-order valence-electron chi connectivity index (χ0n) is 12.0. The van der Waals surface area contributed by atoms with E-state index in [1.54, 1.807) is 19.2 Å². The van der Waals surface area contributed by atoms with E-state index in [0.717, 1.165) is 13.0 Å². The first-order valence-corrected chi connectivity index (χ1v) is 6.73. The summed E-state index contributed by atoms with van der Waals surface area (Å²) in [5, 5.41) is 11.0. The lowest BCUT2D eigenvalue weighted by Crippen LogP contribution is -2.27. The number of halogens is 1. The van der Waals surface area contributed by atoms with Crippen molar-refractivity contribution in [2.75, 3.05) is 23.8 Å². The number of hydrogen-bond donors (Lipinski definition) is 1. The zero-order chi connectivity index (χ0) is 15.2. The maximum atomic E-state index is 12.9. The molecular formula is C15H17FN4O. The van der Waals surface area contributed by atoms with Crippen molar-refractivity contribution in [3.05, 3.63) is 47.9 Å². The highest BCUT2D eigenvalue weighted by Crippen LogP contribution is 2.15. The van der Waals surface area contributed by atoms with Crippen molar-refractivity contribution in [3.8, 4) is 0 Å². The highest BCUT2D eigenvalue weighted by molar-refractivity contribution is 6.04. The smallest absolute Gasteiger partial charge is 0.278 e. The SMILES string of the molecule is CCCNc1ccc(C(=O)N(C)c2ccc(F)cc2)nn1. The first kappa shape index (κ1) is 14.9. The van der Waals surface area contributed by atoms with Crippen LogP contribution in [0.3, 0.4) is 0 Å². The maximum absolute atomic E-state index is 12.9. The number of nitrogens with one attached hydrogen (secondary N) is 1. The van der Waals surface area contributed by atoms with Gasteiger partial charge in [0.2, 0.25) is 0 Å². The second kappa shape index (κ2) is 6.78. The molecule has 0 saturated heterocycles. The molecule has 1 aromatic carbocycles. The van der Waals surface area contributed by atoms with Crippen molar-refractivity contribution in [2.45, 2.75) is 13.3 Å². The van der Waals surface area contributed by atoms with E-state index in [2.05, 4.69) is 22.4 Å². The molecule has 0 aliphatic heterocycles. The number of carbonyl (C=O) groups excluding carboxylic acids is 1. The first-order chi connectivity index (χ1) is 10.1. The summed E-state index contributed by atoms with van der Waals surface area (Å²) < 4.78 is 12.9. The molecule has 0 spiro atoms. The van der Waals surface area contributed by atoms with Crippen molar-refractivity contribution in [3.63, 3.8) is 0 Å². The van der Waals surface area contributed by atoms with E-state index in [0.29, 0.717) is 11.5 Å². The summed E-state index contributed by atoms with van der Waals surface area (Å²) in [5.41, 5.74) is 0.834. The second-order valence-corrected chi connectivity index (χ2v) is 4.57. The molecule has 110 valence electrons. The Morgan fingerprint density at radius 3 is 2.48 bits per heavy atom. The fourth-order valence-electron chi connectivity index (χ4n) is 1.75. The van der Waals surface area contributed by atoms with Crippen LogP contribution in [0.4, 0.5) is 15.9 Å². The van der Waals surface area contributed by atoms with E-state index < -0.39 is 0 Å². The molecule has 0 bridgehead atoms. The summed E-state index contributed by atoms with van der Waals surface area (Å²) in [6.45, 7) is 2.85. The van der Waals surface area contributed by atoms with Crippen LogP contribution in [0, 0.1) is 5.82 Å². The Hall–Kier alpha value is -2.50. The van der Waals surface area contributed by atoms with E-state index >= 15 is 0 Å². The van der Waals surface area contributed by atoms with Crippen molar-refractivity contribution in [1.82, 2.24) is 10.2 Å². The van der Waals surface area contributed by atoms with Crippen LogP contribution < -0.4 is 10.2 Å². The molecule has 0 aliphatic carbocycles. The Morgan fingerprint density at radius 1 is 1.19 bits per heavy atom. The summed E-state index contributed by atoms with van der Waals surface area (Å²) in [5.74, 6) is -0.000253. The van der Waals surface area contributed by atoms with Gasteiger partial charge in [0.15, 0.2) is 5.69 Å². The minimum atomic E-state index is -0.342. The van der Waals surface area contributed by atoms with Gasteiger partial charge in [-0.05, 0) is 42.8 Å². The third-order valence-electron chi connectivity index (χ3n) is 2.96. The minimum Gasteiger partial charge on any atom is -0.369 e. The van der Waals surface area contributed by atoms with Crippen LogP contribution in [0.15, 0.2) is 36.4 Å². The van der Waals surface area contributed by atoms with Gasteiger partial charge >= 0.3 is 0 Å². The monoisotopic (exact) mass is 288 g/mol. The van der Waals surface area contributed by atoms with Crippen molar-refractivity contribution in [2.24, 2.45) is 0 Å². The van der Waals surface area contributed by atoms with E-state index in [1.807, 2.05) is 0 Å². The van der Waals surface area contributed by atoms with Gasteiger partial charge in [-0.2, -0.15) is 0 Å². The zero-order valence-corrected chi connectivity index (χ0v) is 12.0. The van der Waals surface area contributed by atoms with E-state index in [1.165, 1.54) is 29.2 Å². The molecule has 6 heteroatoms. The van der Waals surface area contributed by atoms with Crippen LogP contribution in [0.5, 0.6) is 0 Å². The van der Waals surface area contributed by atoms with Gasteiger partial charge in [-0.1, -0.05) is 6.92 Å². The quantitative estimate of drug-likeness (QED) is 0.919. The molecule has 0 saturated carbocycles. The normalized spacial score (nSPS) is 10.2. The molecular weight excluding hydrogens is 271 g/mol. The molecule has 2 rings (SSSR count). The number of carbonyl (C=O) groups is 1. The first-order valence-electron chi connectivity index (χ1n) is 6.73. The van der Waals surface area contributed by atoms with Crippen LogP contribution >= 0.6 is 0 Å². The number of hydrogen-bond acceptors (Lipinski definition) is 4. The largest absolute Gasteiger partial charge is 0.369 e. The van der Waals surface area contributed by atoms with Crippen molar-refractivity contribution >= 4 is 17.4 Å². The predicted molar refractivity (Wildman–Crippen MR) is 79.9 cm³/mol. The molecule has 0 unspecified atom stereocenters. The van der Waals surface area contributed by atoms with E-state index in [4.69, 9.17) is 0 Å². The lowest BCUT2D eigenvalue weighted by Gasteiger charge is -2.16. The summed E-state index contributed by atoms with van der Waals surface area (Å²) >= 11 is 0. The van der Waals surface area contributed by atoms with E-state index in [9.17, 15) is 9.18 Å². The summed E-state index contributed by atoms with van der Waals surface area (Å²) in [6, 6.07) is 9.03. The van der Waals surface area contributed by atoms with Crippen molar-refractivity contribution < 1.29 is 9.18 Å². The number of amides is 1. The number of aromatic nitrogens is 2. The molecule has 1 heterocycles. The van der Waals surface area contributed by atoms with E-state index in [-0.39, 0.29) is 17.4 Å². The predicted octanol–water partition coefficient (Wildman–Crippen LogP) is 2.71. The number of nitrogens with zero attached hydrogens (tertiary/aromatic N) is 3. The van der Waals surface area contributed by atoms with Crippen LogP contribution in [0.1, 0.15) is 23.8 Å². The fraction of sp³-hybridized carbons (Fsp3) is 0.267. The summed E-state index contributed by atoms with van der Waals surface area (Å²) in [4.78, 5) is 13.7. The van der Waals surface area contributed by atoms with Gasteiger partial charge in [-0.15, -0.1) is 10.2 Å². The molecule has 0 atom stereocenters. The Labute approximate surface area is 122 Å². The average Bonchev–Trinajstić information content (AvgIpc) is 2.53. The number of rotatable bonds is 5. The van der Waals surface area contributed by atoms with Crippen LogP contribution in [-0.2, 0) is 0 Å². The molecule has 1 aromatic heterocycles. The Balaban J connectivity index is 2.10. The Bertz CT molecular complexity index is 598. The molecule has 21 heavy (non-hydrogen) atoms. The lowest BCUT2D eigenvalue weighted by molar-refractivity contribution is 0.0987. The second-order valence-electron chi connectivity index (χ2n) is 4.57. The molecule has 0 aliphatic rings. The maximum Gasteiger partial charge on any atom is 0.278 e. The fourth-order valence-corrected chi connectivity index (χ4v) is 1.75. The highest BCUT2D eigenvalue weighted by atomic mass is 19.1. The number of benzene rings is 1. The summed E-state index contributed by atoms with van der Waals surface area (Å²) in [6.07, 6.45) is 0.982. The third kappa shape index (κ3) is 3.75.